The Bertz CT molecular complexity index is 545. The van der Waals surface area contributed by atoms with Crippen molar-refractivity contribution >= 4 is 11.6 Å². The Morgan fingerprint density at radius 2 is 1.90 bits per heavy atom. The number of likely N-dealkylation sites (tertiary alicyclic amines) is 1. The van der Waals surface area contributed by atoms with E-state index in [1.165, 1.54) is 4.90 Å². The van der Waals surface area contributed by atoms with Crippen LogP contribution >= 0.6 is 0 Å². The van der Waals surface area contributed by atoms with Gasteiger partial charge in [0.25, 0.3) is 5.91 Å². The molecule has 6 heteroatoms. The summed E-state index contributed by atoms with van der Waals surface area (Å²) >= 11 is 0. The summed E-state index contributed by atoms with van der Waals surface area (Å²) in [7, 11) is 0. The Balaban J connectivity index is 1.77. The van der Waals surface area contributed by atoms with Crippen molar-refractivity contribution in [3.05, 3.63) is 30.2 Å². The molecule has 0 aromatic heterocycles. The summed E-state index contributed by atoms with van der Waals surface area (Å²) in [5.41, 5.74) is 0.187. The Kier molecular flexibility index (Phi) is 4.05. The van der Waals surface area contributed by atoms with Gasteiger partial charge in [0.05, 0.1) is 5.69 Å². The second-order valence-electron chi connectivity index (χ2n) is 5.28. The SMILES string of the molecule is O=C1COc2c(F)cc(F)cc2N1CCN1CC[CH]CC1. The van der Waals surface area contributed by atoms with Crippen LogP contribution in [0, 0.1) is 18.1 Å². The van der Waals surface area contributed by atoms with Crippen molar-refractivity contribution < 1.29 is 18.3 Å². The first-order valence-corrected chi connectivity index (χ1v) is 7.11. The summed E-state index contributed by atoms with van der Waals surface area (Å²) in [6, 6.07) is 1.92. The Hall–Kier alpha value is -1.69. The summed E-state index contributed by atoms with van der Waals surface area (Å²) in [5, 5.41) is 0. The van der Waals surface area contributed by atoms with Gasteiger partial charge in [-0.3, -0.25) is 4.79 Å². The van der Waals surface area contributed by atoms with Crippen molar-refractivity contribution in [2.45, 2.75) is 12.8 Å². The molecule has 3 rings (SSSR count). The van der Waals surface area contributed by atoms with Gasteiger partial charge in [0.1, 0.15) is 5.82 Å². The molecular weight excluding hydrogens is 278 g/mol. The highest BCUT2D eigenvalue weighted by Gasteiger charge is 2.29. The molecule has 1 fully saturated rings. The van der Waals surface area contributed by atoms with Crippen LogP contribution in [0.3, 0.4) is 0 Å². The third-order valence-electron chi connectivity index (χ3n) is 3.86. The molecule has 0 spiro atoms. The molecule has 0 aliphatic carbocycles. The Morgan fingerprint density at radius 3 is 2.67 bits per heavy atom. The highest BCUT2D eigenvalue weighted by atomic mass is 19.1. The van der Waals surface area contributed by atoms with Crippen molar-refractivity contribution in [1.82, 2.24) is 4.90 Å². The van der Waals surface area contributed by atoms with Crippen molar-refractivity contribution in [3.63, 3.8) is 0 Å². The maximum absolute atomic E-state index is 13.7. The molecule has 0 unspecified atom stereocenters. The van der Waals surface area contributed by atoms with Crippen LogP contribution < -0.4 is 9.64 Å². The van der Waals surface area contributed by atoms with E-state index in [9.17, 15) is 13.6 Å². The zero-order valence-corrected chi connectivity index (χ0v) is 11.6. The van der Waals surface area contributed by atoms with E-state index in [2.05, 4.69) is 11.3 Å². The summed E-state index contributed by atoms with van der Waals surface area (Å²) in [5.74, 6) is -1.78. The molecule has 1 aromatic carbocycles. The predicted octanol–water partition coefficient (Wildman–Crippen LogP) is 1.99. The number of fused-ring (bicyclic) bond motifs is 1. The zero-order chi connectivity index (χ0) is 14.8. The number of hydrogen-bond donors (Lipinski definition) is 0. The minimum Gasteiger partial charge on any atom is -0.478 e. The maximum atomic E-state index is 13.7. The average molecular weight is 295 g/mol. The molecule has 21 heavy (non-hydrogen) atoms. The van der Waals surface area contributed by atoms with E-state index in [1.54, 1.807) is 0 Å². The number of carbonyl (C=O) groups is 1. The second kappa shape index (κ2) is 5.97. The number of amides is 1. The van der Waals surface area contributed by atoms with Gasteiger partial charge in [-0.1, -0.05) is 0 Å². The van der Waals surface area contributed by atoms with Crippen molar-refractivity contribution in [2.75, 3.05) is 37.7 Å². The van der Waals surface area contributed by atoms with Crippen molar-refractivity contribution in [3.8, 4) is 5.75 Å². The van der Waals surface area contributed by atoms with Gasteiger partial charge in [0, 0.05) is 25.2 Å². The molecule has 1 aromatic rings. The lowest BCUT2D eigenvalue weighted by Crippen LogP contribution is -2.44. The Labute approximate surface area is 122 Å². The van der Waals surface area contributed by atoms with Crippen LogP contribution in [-0.2, 0) is 4.79 Å². The molecule has 0 saturated carbocycles. The molecule has 2 heterocycles. The van der Waals surface area contributed by atoms with Crippen LogP contribution in [0.15, 0.2) is 12.1 Å². The van der Waals surface area contributed by atoms with E-state index >= 15 is 0 Å². The first-order valence-electron chi connectivity index (χ1n) is 7.11. The predicted molar refractivity (Wildman–Crippen MR) is 74.2 cm³/mol. The van der Waals surface area contributed by atoms with E-state index in [0.717, 1.165) is 38.1 Å². The Morgan fingerprint density at radius 1 is 1.14 bits per heavy atom. The highest BCUT2D eigenvalue weighted by molar-refractivity contribution is 5.97. The molecule has 4 nitrogen and oxygen atoms in total. The van der Waals surface area contributed by atoms with Crippen LogP contribution in [0.2, 0.25) is 0 Å². The highest BCUT2D eigenvalue weighted by Crippen LogP contribution is 2.35. The van der Waals surface area contributed by atoms with Crippen LogP contribution in [0.4, 0.5) is 14.5 Å². The maximum Gasteiger partial charge on any atom is 0.265 e. The third kappa shape index (κ3) is 3.00. The van der Waals surface area contributed by atoms with E-state index in [1.807, 2.05) is 0 Å². The average Bonchev–Trinajstić information content (AvgIpc) is 2.47. The van der Waals surface area contributed by atoms with Crippen LogP contribution in [0.1, 0.15) is 12.8 Å². The standard InChI is InChI=1S/C15H17F2N2O2/c16-11-8-12(17)15-13(9-11)19(14(20)10-21-15)7-6-18-4-2-1-3-5-18/h1,8-9H,2-7,10H2. The smallest absolute Gasteiger partial charge is 0.265 e. The summed E-state index contributed by atoms with van der Waals surface area (Å²) in [6.07, 6.45) is 4.32. The van der Waals surface area contributed by atoms with E-state index in [-0.39, 0.29) is 24.0 Å². The van der Waals surface area contributed by atoms with Crippen molar-refractivity contribution in [2.24, 2.45) is 0 Å². The quantitative estimate of drug-likeness (QED) is 0.855. The van der Waals surface area contributed by atoms with Gasteiger partial charge >= 0.3 is 0 Å². The lowest BCUT2D eigenvalue weighted by atomic mass is 10.1. The minimum atomic E-state index is -0.768. The van der Waals surface area contributed by atoms with Crippen LogP contribution in [0.5, 0.6) is 5.75 Å². The number of nitrogens with zero attached hydrogens (tertiary/aromatic N) is 2. The molecule has 113 valence electrons. The molecule has 1 amide bonds. The second-order valence-corrected chi connectivity index (χ2v) is 5.28. The lowest BCUT2D eigenvalue weighted by Gasteiger charge is -2.33. The topological polar surface area (TPSA) is 32.8 Å². The monoisotopic (exact) mass is 295 g/mol. The van der Waals surface area contributed by atoms with Crippen LogP contribution in [0.25, 0.3) is 0 Å². The third-order valence-corrected chi connectivity index (χ3v) is 3.86. The van der Waals surface area contributed by atoms with Gasteiger partial charge in [-0.05, 0) is 32.4 Å². The van der Waals surface area contributed by atoms with Gasteiger partial charge in [-0.25, -0.2) is 8.78 Å². The molecule has 0 N–H and O–H groups in total. The fourth-order valence-electron chi connectivity index (χ4n) is 2.75. The van der Waals surface area contributed by atoms with E-state index < -0.39 is 11.6 Å². The van der Waals surface area contributed by atoms with Gasteiger partial charge in [-0.2, -0.15) is 0 Å². The summed E-state index contributed by atoms with van der Waals surface area (Å²) < 4.78 is 32.2. The number of carbonyl (C=O) groups excluding carboxylic acids is 1. The van der Waals surface area contributed by atoms with Crippen molar-refractivity contribution in [1.29, 1.82) is 0 Å². The molecule has 0 bridgehead atoms. The first-order chi connectivity index (χ1) is 10.1. The summed E-state index contributed by atoms with van der Waals surface area (Å²) in [4.78, 5) is 15.7. The molecule has 1 saturated heterocycles. The van der Waals surface area contributed by atoms with Gasteiger partial charge < -0.3 is 14.5 Å². The number of benzene rings is 1. The first kappa shape index (κ1) is 14.3. The number of rotatable bonds is 3. The van der Waals surface area contributed by atoms with Gasteiger partial charge in [-0.15, -0.1) is 0 Å². The summed E-state index contributed by atoms with van der Waals surface area (Å²) in [6.45, 7) is 2.82. The fourth-order valence-corrected chi connectivity index (χ4v) is 2.75. The number of ether oxygens (including phenoxy) is 1. The molecule has 2 aliphatic rings. The minimum absolute atomic E-state index is 0.0389. The van der Waals surface area contributed by atoms with E-state index in [0.29, 0.717) is 13.1 Å². The number of halogens is 2. The molecule has 2 aliphatic heterocycles. The largest absolute Gasteiger partial charge is 0.478 e. The van der Waals surface area contributed by atoms with Gasteiger partial charge in [0.15, 0.2) is 18.2 Å². The van der Waals surface area contributed by atoms with Crippen LogP contribution in [-0.4, -0.2) is 43.6 Å². The number of anilines is 1. The molecule has 0 atom stereocenters. The lowest BCUT2D eigenvalue weighted by molar-refractivity contribution is -0.121. The number of hydrogen-bond acceptors (Lipinski definition) is 3. The normalized spacial score (nSPS) is 19.3. The van der Waals surface area contributed by atoms with Gasteiger partial charge in [0.2, 0.25) is 0 Å². The fraction of sp³-hybridized carbons (Fsp3) is 0.467. The molecule has 1 radical (unpaired) electrons. The number of piperidine rings is 1. The molecular formula is C15H17F2N2O2. The zero-order valence-electron chi connectivity index (χ0n) is 11.6. The van der Waals surface area contributed by atoms with E-state index in [4.69, 9.17) is 4.74 Å².